The van der Waals surface area contributed by atoms with Crippen LogP contribution in [0.1, 0.15) is 61.0 Å². The van der Waals surface area contributed by atoms with Crippen molar-refractivity contribution in [1.82, 2.24) is 0 Å². The molecule has 0 bridgehead atoms. The monoisotopic (exact) mass is 284 g/mol. The van der Waals surface area contributed by atoms with E-state index >= 15 is 0 Å². The molecule has 3 heteroatoms. The molecule has 0 spiro atoms. The Kier molecular flexibility index (Phi) is 3.82. The molecular formula is C18H20O3. The number of hydrogen-bond acceptors (Lipinski definition) is 3. The summed E-state index contributed by atoms with van der Waals surface area (Å²) in [4.78, 5) is 12.0. The molecule has 0 fully saturated rings. The molecule has 1 aliphatic rings. The van der Waals surface area contributed by atoms with Gasteiger partial charge in [0.05, 0.1) is 5.56 Å². The number of unbranched alkanes of at least 4 members (excludes halogenated alkanes) is 2. The van der Waals surface area contributed by atoms with Gasteiger partial charge in [-0.3, -0.25) is 0 Å². The molecule has 21 heavy (non-hydrogen) atoms. The van der Waals surface area contributed by atoms with Crippen molar-refractivity contribution in [2.45, 2.75) is 44.9 Å². The molecule has 3 nitrogen and oxygen atoms in total. The lowest BCUT2D eigenvalue weighted by Gasteiger charge is -2.01. The Labute approximate surface area is 124 Å². The first kappa shape index (κ1) is 13.9. The minimum atomic E-state index is -0.395. The van der Waals surface area contributed by atoms with Crippen LogP contribution >= 0.6 is 0 Å². The molecule has 1 unspecified atom stereocenters. The van der Waals surface area contributed by atoms with Crippen LogP contribution in [0.4, 0.5) is 0 Å². The molecule has 3 rings (SSSR count). The number of fused-ring (bicyclic) bond motifs is 1. The van der Waals surface area contributed by atoms with Crippen molar-refractivity contribution in [3.63, 3.8) is 0 Å². The van der Waals surface area contributed by atoms with E-state index in [9.17, 15) is 9.90 Å². The average Bonchev–Trinajstić information content (AvgIpc) is 3.18. The molecule has 1 aromatic carbocycles. The molecule has 0 saturated carbocycles. The van der Waals surface area contributed by atoms with Gasteiger partial charge in [0, 0.05) is 17.9 Å². The first-order valence-electron chi connectivity index (χ1n) is 7.65. The van der Waals surface area contributed by atoms with E-state index in [-0.39, 0.29) is 11.7 Å². The van der Waals surface area contributed by atoms with E-state index in [0.717, 1.165) is 30.4 Å². The molecule has 110 valence electrons. The highest BCUT2D eigenvalue weighted by Gasteiger charge is 2.41. The third kappa shape index (κ3) is 2.73. The molecule has 1 N–H and O–H groups in total. The Balaban J connectivity index is 1.81. The smallest absolute Gasteiger partial charge is 0.343 e. The van der Waals surface area contributed by atoms with Crippen LogP contribution in [0.15, 0.2) is 39.5 Å². The summed E-state index contributed by atoms with van der Waals surface area (Å²) in [6, 6.07) is 9.68. The molecule has 2 aromatic rings. The van der Waals surface area contributed by atoms with E-state index in [1.54, 1.807) is 0 Å². The Bertz CT molecular complexity index is 686. The third-order valence-electron chi connectivity index (χ3n) is 4.16. The summed E-state index contributed by atoms with van der Waals surface area (Å²) >= 11 is 0. The molecular weight excluding hydrogens is 264 g/mol. The first-order chi connectivity index (χ1) is 10.2. The SMILES string of the molecule is CCCCCC1c2oc(=O)c(Cc3ccccc3)c(O)c21. The maximum atomic E-state index is 12.0. The maximum Gasteiger partial charge on any atom is 0.343 e. The van der Waals surface area contributed by atoms with Gasteiger partial charge in [-0.1, -0.05) is 56.5 Å². The van der Waals surface area contributed by atoms with Crippen molar-refractivity contribution >= 4 is 0 Å². The minimum Gasteiger partial charge on any atom is -0.507 e. The molecule has 1 aliphatic carbocycles. The fourth-order valence-electron chi connectivity index (χ4n) is 2.90. The largest absolute Gasteiger partial charge is 0.507 e. The topological polar surface area (TPSA) is 50.4 Å². The second-order valence-corrected chi connectivity index (χ2v) is 5.71. The number of rotatable bonds is 6. The van der Waals surface area contributed by atoms with Crippen LogP contribution in [-0.2, 0) is 6.42 Å². The highest BCUT2D eigenvalue weighted by molar-refractivity contribution is 5.57. The zero-order valence-electron chi connectivity index (χ0n) is 12.3. The number of benzene rings is 1. The predicted molar refractivity (Wildman–Crippen MR) is 81.9 cm³/mol. The molecule has 0 saturated heterocycles. The molecule has 0 amide bonds. The van der Waals surface area contributed by atoms with Gasteiger partial charge in [-0.25, -0.2) is 4.79 Å². The molecule has 1 heterocycles. The van der Waals surface area contributed by atoms with E-state index in [4.69, 9.17) is 4.42 Å². The van der Waals surface area contributed by atoms with Crippen LogP contribution in [-0.4, -0.2) is 5.11 Å². The average molecular weight is 284 g/mol. The van der Waals surface area contributed by atoms with Gasteiger partial charge in [0.2, 0.25) is 0 Å². The second-order valence-electron chi connectivity index (χ2n) is 5.71. The van der Waals surface area contributed by atoms with Gasteiger partial charge in [0.25, 0.3) is 0 Å². The van der Waals surface area contributed by atoms with Crippen molar-refractivity contribution in [3.8, 4) is 5.75 Å². The van der Waals surface area contributed by atoms with Crippen molar-refractivity contribution in [2.24, 2.45) is 0 Å². The molecule has 0 aliphatic heterocycles. The fraction of sp³-hybridized carbons (Fsp3) is 0.389. The lowest BCUT2D eigenvalue weighted by Crippen LogP contribution is -2.07. The van der Waals surface area contributed by atoms with Gasteiger partial charge in [0.15, 0.2) is 0 Å². The molecule has 0 radical (unpaired) electrons. The summed E-state index contributed by atoms with van der Waals surface area (Å²) in [5.41, 5.74) is 1.85. The zero-order chi connectivity index (χ0) is 14.8. The van der Waals surface area contributed by atoms with Crippen molar-refractivity contribution in [2.75, 3.05) is 0 Å². The van der Waals surface area contributed by atoms with Gasteiger partial charge in [-0.15, -0.1) is 0 Å². The van der Waals surface area contributed by atoms with Gasteiger partial charge in [-0.2, -0.15) is 0 Å². The van der Waals surface area contributed by atoms with Crippen molar-refractivity contribution in [1.29, 1.82) is 0 Å². The lowest BCUT2D eigenvalue weighted by atomic mass is 10.0. The van der Waals surface area contributed by atoms with Crippen LogP contribution < -0.4 is 5.63 Å². The van der Waals surface area contributed by atoms with Crippen LogP contribution in [0.5, 0.6) is 5.75 Å². The van der Waals surface area contributed by atoms with E-state index in [1.807, 2.05) is 30.3 Å². The van der Waals surface area contributed by atoms with E-state index in [0.29, 0.717) is 17.7 Å². The molecule has 1 atom stereocenters. The van der Waals surface area contributed by atoms with Gasteiger partial charge in [0.1, 0.15) is 11.5 Å². The summed E-state index contributed by atoms with van der Waals surface area (Å²) in [7, 11) is 0. The molecule has 1 aromatic heterocycles. The van der Waals surface area contributed by atoms with Crippen LogP contribution in [0, 0.1) is 0 Å². The predicted octanol–water partition coefficient (Wildman–Crippen LogP) is 3.96. The van der Waals surface area contributed by atoms with Crippen molar-refractivity contribution < 1.29 is 9.52 Å². The van der Waals surface area contributed by atoms with Crippen LogP contribution in [0.2, 0.25) is 0 Å². The summed E-state index contributed by atoms with van der Waals surface area (Å²) in [6.45, 7) is 2.16. The standard InChI is InChI=1S/C18H20O3/c1-2-3-5-10-13-15-16(19)14(18(20)21-17(13)15)11-12-8-6-4-7-9-12/h4,6-9,13,19H,2-3,5,10-11H2,1H3. The maximum absolute atomic E-state index is 12.0. The third-order valence-corrected chi connectivity index (χ3v) is 4.16. The van der Waals surface area contributed by atoms with Crippen LogP contribution in [0.3, 0.4) is 0 Å². The number of aromatic hydroxyl groups is 1. The Morgan fingerprint density at radius 3 is 2.67 bits per heavy atom. The van der Waals surface area contributed by atoms with Crippen LogP contribution in [0.25, 0.3) is 0 Å². The van der Waals surface area contributed by atoms with Gasteiger partial charge >= 0.3 is 5.63 Å². The zero-order valence-corrected chi connectivity index (χ0v) is 12.3. The summed E-state index contributed by atoms with van der Waals surface area (Å²) in [6.07, 6.45) is 4.83. The highest BCUT2D eigenvalue weighted by Crippen LogP contribution is 2.52. The quantitative estimate of drug-likeness (QED) is 0.817. The summed E-state index contributed by atoms with van der Waals surface area (Å²) in [5, 5.41) is 10.4. The summed E-state index contributed by atoms with van der Waals surface area (Å²) in [5.74, 6) is 1.02. The first-order valence-corrected chi connectivity index (χ1v) is 7.65. The van der Waals surface area contributed by atoms with Crippen molar-refractivity contribution in [3.05, 3.63) is 63.2 Å². The van der Waals surface area contributed by atoms with E-state index in [1.165, 1.54) is 6.42 Å². The highest BCUT2D eigenvalue weighted by atomic mass is 16.4. The van der Waals surface area contributed by atoms with Gasteiger partial charge in [-0.05, 0) is 12.0 Å². The number of hydrogen-bond donors (Lipinski definition) is 1. The minimum absolute atomic E-state index is 0.159. The lowest BCUT2D eigenvalue weighted by molar-refractivity contribution is 0.442. The Hall–Kier alpha value is -2.03. The second kappa shape index (κ2) is 5.76. The Morgan fingerprint density at radius 1 is 1.19 bits per heavy atom. The summed E-state index contributed by atoms with van der Waals surface area (Å²) < 4.78 is 5.38. The fourth-order valence-corrected chi connectivity index (χ4v) is 2.90. The normalized spacial score (nSPS) is 15.8. The van der Waals surface area contributed by atoms with E-state index in [2.05, 4.69) is 6.92 Å². The van der Waals surface area contributed by atoms with Gasteiger partial charge < -0.3 is 9.52 Å². The Morgan fingerprint density at radius 2 is 1.95 bits per heavy atom. The van der Waals surface area contributed by atoms with E-state index < -0.39 is 5.63 Å².